The number of nitrogens with two attached hydrogens (primary N) is 1. The van der Waals surface area contributed by atoms with Gasteiger partial charge in [-0.05, 0) is 18.4 Å². The first-order chi connectivity index (χ1) is 6.83. The molecule has 0 aliphatic rings. The van der Waals surface area contributed by atoms with Crippen molar-refractivity contribution in [2.75, 3.05) is 32.6 Å². The summed E-state index contributed by atoms with van der Waals surface area (Å²) >= 11 is 0. The van der Waals surface area contributed by atoms with E-state index in [1.807, 2.05) is 13.8 Å². The molecule has 0 unspecified atom stereocenters. The van der Waals surface area contributed by atoms with E-state index in [0.717, 1.165) is 0 Å². The smallest absolute Gasteiger partial charge is 0.211 e. The summed E-state index contributed by atoms with van der Waals surface area (Å²) in [7, 11) is -1.63. The molecule has 6 heteroatoms. The van der Waals surface area contributed by atoms with E-state index < -0.39 is 10.0 Å². The van der Waals surface area contributed by atoms with Gasteiger partial charge in [0, 0.05) is 20.3 Å². The zero-order chi connectivity index (χ0) is 11.9. The van der Waals surface area contributed by atoms with Crippen LogP contribution in [0.3, 0.4) is 0 Å². The molecule has 0 aromatic rings. The molecule has 5 nitrogen and oxygen atoms in total. The molecule has 0 aliphatic carbocycles. The average molecular weight is 238 g/mol. The first-order valence-electron chi connectivity index (χ1n) is 4.99. The predicted octanol–water partition coefficient (Wildman–Crippen LogP) is -0.0728. The third kappa shape index (κ3) is 7.72. The summed E-state index contributed by atoms with van der Waals surface area (Å²) in [6, 6.07) is 0. The standard InChI is InChI=1S/C9H22N2O3S/c1-9(2,7-10)8-11-15(12,13)6-4-5-14-3/h11H,4-8,10H2,1-3H3. The second-order valence-corrected chi connectivity index (χ2v) is 6.28. The molecule has 0 radical (unpaired) electrons. The van der Waals surface area contributed by atoms with Crippen molar-refractivity contribution in [1.82, 2.24) is 4.72 Å². The molecule has 0 aromatic heterocycles. The summed E-state index contributed by atoms with van der Waals surface area (Å²) in [6.45, 7) is 5.13. The number of ether oxygens (including phenoxy) is 1. The number of hydrogen-bond acceptors (Lipinski definition) is 4. The van der Waals surface area contributed by atoms with Crippen molar-refractivity contribution in [3.05, 3.63) is 0 Å². The highest BCUT2D eigenvalue weighted by Gasteiger charge is 2.19. The van der Waals surface area contributed by atoms with Crippen molar-refractivity contribution in [1.29, 1.82) is 0 Å². The van der Waals surface area contributed by atoms with Gasteiger partial charge in [0.05, 0.1) is 5.75 Å². The van der Waals surface area contributed by atoms with Crippen molar-refractivity contribution in [3.8, 4) is 0 Å². The van der Waals surface area contributed by atoms with Crippen LogP contribution in [0.1, 0.15) is 20.3 Å². The Labute approximate surface area is 92.4 Å². The van der Waals surface area contributed by atoms with Crippen LogP contribution in [0.25, 0.3) is 0 Å². The van der Waals surface area contributed by atoms with Gasteiger partial charge in [0.1, 0.15) is 0 Å². The molecule has 0 heterocycles. The van der Waals surface area contributed by atoms with Crippen LogP contribution in [0.5, 0.6) is 0 Å². The third-order valence-corrected chi connectivity index (χ3v) is 3.50. The van der Waals surface area contributed by atoms with E-state index in [1.54, 1.807) is 7.11 Å². The van der Waals surface area contributed by atoms with E-state index in [0.29, 0.717) is 26.1 Å². The molecule has 0 fully saturated rings. The minimum atomic E-state index is -3.18. The van der Waals surface area contributed by atoms with Crippen LogP contribution >= 0.6 is 0 Å². The second kappa shape index (κ2) is 6.42. The first-order valence-corrected chi connectivity index (χ1v) is 6.64. The minimum Gasteiger partial charge on any atom is -0.385 e. The second-order valence-electron chi connectivity index (χ2n) is 4.35. The van der Waals surface area contributed by atoms with Gasteiger partial charge >= 0.3 is 0 Å². The van der Waals surface area contributed by atoms with Crippen molar-refractivity contribution in [3.63, 3.8) is 0 Å². The summed E-state index contributed by atoms with van der Waals surface area (Å²) in [5.41, 5.74) is 5.30. The molecular formula is C9H22N2O3S. The Morgan fingerprint density at radius 3 is 2.47 bits per heavy atom. The molecule has 0 spiro atoms. The van der Waals surface area contributed by atoms with Gasteiger partial charge in [0.15, 0.2) is 0 Å². The highest BCUT2D eigenvalue weighted by atomic mass is 32.2. The van der Waals surface area contributed by atoms with Crippen LogP contribution < -0.4 is 10.5 Å². The minimum absolute atomic E-state index is 0.0987. The molecule has 0 amide bonds. The Hall–Kier alpha value is -0.170. The van der Waals surface area contributed by atoms with Crippen LogP contribution in [0.15, 0.2) is 0 Å². The zero-order valence-electron chi connectivity index (χ0n) is 9.75. The molecular weight excluding hydrogens is 216 g/mol. The van der Waals surface area contributed by atoms with Gasteiger partial charge in [-0.25, -0.2) is 13.1 Å². The van der Waals surface area contributed by atoms with E-state index in [1.165, 1.54) is 0 Å². The normalized spacial score (nSPS) is 13.1. The molecule has 3 N–H and O–H groups in total. The Bertz CT molecular complexity index is 263. The maximum absolute atomic E-state index is 11.5. The molecule has 0 aliphatic heterocycles. The Morgan fingerprint density at radius 1 is 1.40 bits per heavy atom. The fraction of sp³-hybridized carbons (Fsp3) is 1.00. The van der Waals surface area contributed by atoms with Crippen LogP contribution in [0.2, 0.25) is 0 Å². The third-order valence-electron chi connectivity index (χ3n) is 2.08. The monoisotopic (exact) mass is 238 g/mol. The summed E-state index contributed by atoms with van der Waals surface area (Å²) in [5.74, 6) is 0.0987. The lowest BCUT2D eigenvalue weighted by molar-refractivity contribution is 0.199. The number of sulfonamides is 1. The van der Waals surface area contributed by atoms with Crippen LogP contribution in [0.4, 0.5) is 0 Å². The van der Waals surface area contributed by atoms with Gasteiger partial charge in [-0.1, -0.05) is 13.8 Å². The van der Waals surface area contributed by atoms with Crippen LogP contribution in [-0.2, 0) is 14.8 Å². The molecule has 0 saturated heterocycles. The van der Waals surface area contributed by atoms with E-state index in [2.05, 4.69) is 4.72 Å². The topological polar surface area (TPSA) is 81.4 Å². The fourth-order valence-electron chi connectivity index (χ4n) is 0.843. The summed E-state index contributed by atoms with van der Waals surface area (Å²) < 4.78 is 30.3. The number of nitrogens with one attached hydrogen (secondary N) is 1. The first kappa shape index (κ1) is 14.8. The highest BCUT2D eigenvalue weighted by molar-refractivity contribution is 7.89. The van der Waals surface area contributed by atoms with Crippen LogP contribution in [0, 0.1) is 5.41 Å². The van der Waals surface area contributed by atoms with Gasteiger partial charge in [-0.15, -0.1) is 0 Å². The molecule has 0 atom stereocenters. The van der Waals surface area contributed by atoms with E-state index in [9.17, 15) is 8.42 Å². The average Bonchev–Trinajstić information content (AvgIpc) is 2.16. The van der Waals surface area contributed by atoms with Crippen LogP contribution in [-0.4, -0.2) is 41.0 Å². The SMILES string of the molecule is COCCCS(=O)(=O)NCC(C)(C)CN. The van der Waals surface area contributed by atoms with E-state index in [4.69, 9.17) is 10.5 Å². The van der Waals surface area contributed by atoms with Crippen molar-refractivity contribution >= 4 is 10.0 Å². The highest BCUT2D eigenvalue weighted by Crippen LogP contribution is 2.10. The maximum atomic E-state index is 11.5. The van der Waals surface area contributed by atoms with Gasteiger partial charge in [-0.2, -0.15) is 0 Å². The van der Waals surface area contributed by atoms with Crippen molar-refractivity contribution < 1.29 is 13.2 Å². The summed E-state index contributed by atoms with van der Waals surface area (Å²) in [4.78, 5) is 0. The van der Waals surface area contributed by atoms with Gasteiger partial charge in [-0.3, -0.25) is 0 Å². The predicted molar refractivity (Wildman–Crippen MR) is 61.1 cm³/mol. The number of rotatable bonds is 8. The molecule has 15 heavy (non-hydrogen) atoms. The lowest BCUT2D eigenvalue weighted by Gasteiger charge is -2.22. The van der Waals surface area contributed by atoms with Gasteiger partial charge < -0.3 is 10.5 Å². The van der Waals surface area contributed by atoms with E-state index in [-0.39, 0.29) is 11.2 Å². The quantitative estimate of drug-likeness (QED) is 0.580. The zero-order valence-corrected chi connectivity index (χ0v) is 10.6. The Balaban J connectivity index is 3.94. The molecule has 0 rings (SSSR count). The summed E-state index contributed by atoms with van der Waals surface area (Å²) in [5, 5.41) is 0. The molecule has 0 saturated carbocycles. The molecule has 0 bridgehead atoms. The summed E-state index contributed by atoms with van der Waals surface area (Å²) in [6.07, 6.45) is 0.509. The Kier molecular flexibility index (Phi) is 6.35. The van der Waals surface area contributed by atoms with Crippen molar-refractivity contribution in [2.45, 2.75) is 20.3 Å². The fourth-order valence-corrected chi connectivity index (χ4v) is 2.10. The van der Waals surface area contributed by atoms with E-state index >= 15 is 0 Å². The van der Waals surface area contributed by atoms with Crippen molar-refractivity contribution in [2.24, 2.45) is 11.1 Å². The lowest BCUT2D eigenvalue weighted by Crippen LogP contribution is -2.39. The Morgan fingerprint density at radius 2 is 2.00 bits per heavy atom. The number of hydrogen-bond donors (Lipinski definition) is 2. The lowest BCUT2D eigenvalue weighted by atomic mass is 9.95. The van der Waals surface area contributed by atoms with Gasteiger partial charge in [0.25, 0.3) is 0 Å². The number of methoxy groups -OCH3 is 1. The molecule has 0 aromatic carbocycles. The largest absolute Gasteiger partial charge is 0.385 e. The molecule has 92 valence electrons. The maximum Gasteiger partial charge on any atom is 0.211 e. The van der Waals surface area contributed by atoms with Gasteiger partial charge in [0.2, 0.25) is 10.0 Å².